The van der Waals surface area contributed by atoms with E-state index in [0.29, 0.717) is 5.15 Å². The van der Waals surface area contributed by atoms with Crippen molar-refractivity contribution in [2.75, 3.05) is 0 Å². The van der Waals surface area contributed by atoms with Gasteiger partial charge in [-0.15, -0.1) is 0 Å². The largest absolute Gasteiger partial charge is 0.256 e. The monoisotopic (exact) mass is 188 g/mol. The summed E-state index contributed by atoms with van der Waals surface area (Å²) in [6.07, 6.45) is 3.28. The highest BCUT2D eigenvalue weighted by Crippen LogP contribution is 2.15. The van der Waals surface area contributed by atoms with E-state index in [-0.39, 0.29) is 0 Å². The second-order valence-corrected chi connectivity index (χ2v) is 2.79. The predicted molar refractivity (Wildman–Crippen MR) is 50.2 cm³/mol. The van der Waals surface area contributed by atoms with E-state index in [4.69, 9.17) is 11.6 Å². The van der Waals surface area contributed by atoms with Gasteiger partial charge in [0.1, 0.15) is 5.15 Å². The topological polar surface area (TPSA) is 25.8 Å². The van der Waals surface area contributed by atoms with Crippen molar-refractivity contribution >= 4 is 11.6 Å². The lowest BCUT2D eigenvalue weighted by Crippen LogP contribution is -1.83. The van der Waals surface area contributed by atoms with E-state index < -0.39 is 0 Å². The van der Waals surface area contributed by atoms with Crippen molar-refractivity contribution in [1.82, 2.24) is 9.97 Å². The number of rotatable bonds is 1. The Hall–Kier alpha value is -1.41. The highest BCUT2D eigenvalue weighted by atomic mass is 35.5. The third kappa shape index (κ3) is 1.84. The van der Waals surface area contributed by atoms with Crippen LogP contribution in [0.1, 0.15) is 0 Å². The molecule has 0 saturated carbocycles. The van der Waals surface area contributed by atoms with Crippen molar-refractivity contribution < 1.29 is 0 Å². The maximum atomic E-state index is 5.61. The number of aromatic nitrogens is 2. The molecule has 0 aromatic carbocycles. The first kappa shape index (κ1) is 8.20. The lowest BCUT2D eigenvalue weighted by Gasteiger charge is -1.97. The molecular weight excluding hydrogens is 184 g/mol. The molecule has 0 unspecified atom stereocenters. The second-order valence-electron chi connectivity index (χ2n) is 2.44. The molecule has 2 rings (SSSR count). The van der Waals surface area contributed by atoms with E-state index in [1.807, 2.05) is 6.07 Å². The van der Waals surface area contributed by atoms with Crippen LogP contribution in [0.3, 0.4) is 0 Å². The molecule has 0 spiro atoms. The average molecular weight is 189 g/mol. The minimum atomic E-state index is 0.367. The Labute approximate surface area is 81.2 Å². The van der Waals surface area contributed by atoms with E-state index in [9.17, 15) is 0 Å². The third-order valence-electron chi connectivity index (χ3n) is 1.58. The quantitative estimate of drug-likeness (QED) is 0.643. The molecule has 2 radical (unpaired) electrons. The molecule has 0 amide bonds. The van der Waals surface area contributed by atoms with E-state index in [0.717, 1.165) is 11.3 Å². The fourth-order valence-electron chi connectivity index (χ4n) is 0.969. The number of hydrogen-bond acceptors (Lipinski definition) is 2. The minimum Gasteiger partial charge on any atom is -0.256 e. The second kappa shape index (κ2) is 3.54. The van der Waals surface area contributed by atoms with Gasteiger partial charge in [-0.1, -0.05) is 17.7 Å². The Morgan fingerprint density at radius 1 is 1.31 bits per heavy atom. The van der Waals surface area contributed by atoms with Gasteiger partial charge in [0, 0.05) is 30.1 Å². The number of nitrogens with zero attached hydrogens (tertiary/aromatic N) is 2. The van der Waals surface area contributed by atoms with Gasteiger partial charge in [-0.3, -0.25) is 4.98 Å². The summed E-state index contributed by atoms with van der Waals surface area (Å²) < 4.78 is 0. The first-order chi connectivity index (χ1) is 6.36. The summed E-state index contributed by atoms with van der Waals surface area (Å²) >= 11 is 5.61. The molecule has 2 nitrogen and oxygen atoms in total. The molecule has 2 heterocycles. The van der Waals surface area contributed by atoms with E-state index in [2.05, 4.69) is 22.1 Å². The Kier molecular flexibility index (Phi) is 2.23. The first-order valence-electron chi connectivity index (χ1n) is 3.72. The van der Waals surface area contributed by atoms with Crippen LogP contribution in [0, 0.1) is 12.1 Å². The van der Waals surface area contributed by atoms with Crippen LogP contribution in [0.2, 0.25) is 5.15 Å². The fraction of sp³-hybridized carbons (Fsp3) is 0. The highest BCUT2D eigenvalue weighted by molar-refractivity contribution is 6.29. The van der Waals surface area contributed by atoms with Gasteiger partial charge < -0.3 is 0 Å². The van der Waals surface area contributed by atoms with Crippen LogP contribution in [0.5, 0.6) is 0 Å². The highest BCUT2D eigenvalue weighted by Gasteiger charge is 1.97. The van der Waals surface area contributed by atoms with Crippen molar-refractivity contribution in [1.29, 1.82) is 0 Å². The Balaban J connectivity index is 2.42. The molecular formula is C10H5ClN2. The average Bonchev–Trinajstić information content (AvgIpc) is 2.20. The normalized spacial score (nSPS) is 9.92. The molecule has 2 aromatic rings. The van der Waals surface area contributed by atoms with Crippen LogP contribution in [0.4, 0.5) is 0 Å². The van der Waals surface area contributed by atoms with Crippen LogP contribution in [0.15, 0.2) is 30.6 Å². The summed E-state index contributed by atoms with van der Waals surface area (Å²) in [5.74, 6) is 0. The summed E-state index contributed by atoms with van der Waals surface area (Å²) in [5, 5.41) is 0.367. The maximum Gasteiger partial charge on any atom is 0.136 e. The summed E-state index contributed by atoms with van der Waals surface area (Å²) in [6, 6.07) is 11.1. The Bertz CT molecular complexity index is 383. The molecule has 0 atom stereocenters. The lowest BCUT2D eigenvalue weighted by molar-refractivity contribution is 1.27. The van der Waals surface area contributed by atoms with Crippen LogP contribution < -0.4 is 0 Å². The van der Waals surface area contributed by atoms with E-state index in [1.165, 1.54) is 0 Å². The summed E-state index contributed by atoms with van der Waals surface area (Å²) in [4.78, 5) is 8.04. The number of pyridine rings is 2. The van der Waals surface area contributed by atoms with Gasteiger partial charge in [-0.05, 0) is 12.1 Å². The van der Waals surface area contributed by atoms with Gasteiger partial charge >= 0.3 is 0 Å². The minimum absolute atomic E-state index is 0.367. The third-order valence-corrected chi connectivity index (χ3v) is 1.78. The smallest absolute Gasteiger partial charge is 0.136 e. The molecule has 0 N–H and O–H groups in total. The molecule has 3 heteroatoms. The maximum absolute atomic E-state index is 5.61. The van der Waals surface area contributed by atoms with Gasteiger partial charge in [0.15, 0.2) is 0 Å². The van der Waals surface area contributed by atoms with E-state index in [1.54, 1.807) is 24.5 Å². The van der Waals surface area contributed by atoms with Crippen molar-refractivity contribution in [2.45, 2.75) is 0 Å². The molecule has 2 aromatic heterocycles. The Morgan fingerprint density at radius 2 is 2.23 bits per heavy atom. The Morgan fingerprint density at radius 3 is 2.85 bits per heavy atom. The summed E-state index contributed by atoms with van der Waals surface area (Å²) in [7, 11) is 0. The van der Waals surface area contributed by atoms with Crippen molar-refractivity contribution in [3.63, 3.8) is 0 Å². The fourth-order valence-corrected chi connectivity index (χ4v) is 1.07. The lowest BCUT2D eigenvalue weighted by atomic mass is 10.2. The van der Waals surface area contributed by atoms with Crippen LogP contribution >= 0.6 is 11.6 Å². The molecule has 0 fully saturated rings. The van der Waals surface area contributed by atoms with Crippen molar-refractivity contribution in [3.8, 4) is 11.3 Å². The van der Waals surface area contributed by atoms with Gasteiger partial charge in [0.2, 0.25) is 0 Å². The molecule has 0 aliphatic carbocycles. The van der Waals surface area contributed by atoms with Crippen molar-refractivity contribution in [2.24, 2.45) is 0 Å². The zero-order valence-corrected chi connectivity index (χ0v) is 7.42. The van der Waals surface area contributed by atoms with Gasteiger partial charge in [-0.25, -0.2) is 4.98 Å². The molecule has 0 saturated heterocycles. The SMILES string of the molecule is Clc1[c]cc(-c2cc[c]cn2)cn1. The summed E-state index contributed by atoms with van der Waals surface area (Å²) in [5.41, 5.74) is 1.75. The zero-order valence-electron chi connectivity index (χ0n) is 6.66. The predicted octanol–water partition coefficient (Wildman–Crippen LogP) is 2.40. The van der Waals surface area contributed by atoms with Crippen LogP contribution in [0.25, 0.3) is 11.3 Å². The van der Waals surface area contributed by atoms with Gasteiger partial charge in [-0.2, -0.15) is 0 Å². The number of hydrogen-bond donors (Lipinski definition) is 0. The number of halogens is 1. The molecule has 0 aliphatic rings. The van der Waals surface area contributed by atoms with Crippen LogP contribution in [-0.2, 0) is 0 Å². The summed E-state index contributed by atoms with van der Waals surface area (Å²) in [6.45, 7) is 0. The van der Waals surface area contributed by atoms with Gasteiger partial charge in [0.25, 0.3) is 0 Å². The molecule has 62 valence electrons. The van der Waals surface area contributed by atoms with Crippen LogP contribution in [-0.4, -0.2) is 9.97 Å². The van der Waals surface area contributed by atoms with Gasteiger partial charge in [0.05, 0.1) is 5.69 Å². The molecule has 0 bridgehead atoms. The zero-order chi connectivity index (χ0) is 9.10. The van der Waals surface area contributed by atoms with Crippen molar-refractivity contribution in [3.05, 3.63) is 47.9 Å². The molecule has 13 heavy (non-hydrogen) atoms. The van der Waals surface area contributed by atoms with E-state index >= 15 is 0 Å². The molecule has 0 aliphatic heterocycles. The first-order valence-corrected chi connectivity index (χ1v) is 4.10. The standard InChI is InChI=1S/C10H5ClN2/c11-10-5-4-8(7-13-10)9-3-1-2-6-12-9/h1,3-4,6-7H.